The lowest BCUT2D eigenvalue weighted by Crippen LogP contribution is -2.30. The maximum absolute atomic E-state index is 4.01. The summed E-state index contributed by atoms with van der Waals surface area (Å²) in [6, 6.07) is 7.87. The Labute approximate surface area is 105 Å². The Morgan fingerprint density at radius 3 is 2.17 bits per heavy atom. The van der Waals surface area contributed by atoms with Crippen LogP contribution in [-0.2, 0) is 0 Å². The van der Waals surface area contributed by atoms with Crippen molar-refractivity contribution in [2.24, 2.45) is 0 Å². The number of hydrogen-bond donors (Lipinski definition) is 1. The molecule has 0 atom stereocenters. The smallest absolute Gasteiger partial charge is 0.0653 e. The summed E-state index contributed by atoms with van der Waals surface area (Å²) in [5.41, 5.74) is 6.54. The van der Waals surface area contributed by atoms with Gasteiger partial charge in [0.05, 0.1) is 5.69 Å². The molecule has 0 bridgehead atoms. The Morgan fingerprint density at radius 1 is 0.889 bits per heavy atom. The second-order valence-corrected chi connectivity index (χ2v) is 3.86. The molecule has 2 aromatic rings. The highest BCUT2D eigenvalue weighted by atomic mass is 15.5. The third kappa shape index (κ3) is 2.08. The summed E-state index contributed by atoms with van der Waals surface area (Å²) in [7, 11) is 0. The van der Waals surface area contributed by atoms with Crippen LogP contribution >= 0.6 is 0 Å². The number of nitrogens with one attached hydrogen (secondary N) is 1. The summed E-state index contributed by atoms with van der Waals surface area (Å²) in [6.45, 7) is 0. The molecule has 0 spiro atoms. The molecular formula is C14H12N4. The fourth-order valence-electron chi connectivity index (χ4n) is 1.77. The minimum absolute atomic E-state index is 1.05. The molecule has 0 aromatic carbocycles. The van der Waals surface area contributed by atoms with Crippen LogP contribution < -0.4 is 10.4 Å². The van der Waals surface area contributed by atoms with E-state index in [4.69, 9.17) is 0 Å². The summed E-state index contributed by atoms with van der Waals surface area (Å²) in [5.74, 6) is 0. The largest absolute Gasteiger partial charge is 0.301 e. The van der Waals surface area contributed by atoms with Crippen LogP contribution in [0.25, 0.3) is 5.57 Å². The van der Waals surface area contributed by atoms with Crippen LogP contribution in [0.3, 0.4) is 0 Å². The molecule has 0 radical (unpaired) electrons. The molecule has 0 saturated heterocycles. The van der Waals surface area contributed by atoms with Crippen molar-refractivity contribution in [2.75, 3.05) is 5.01 Å². The molecule has 0 saturated carbocycles. The van der Waals surface area contributed by atoms with E-state index in [0.717, 1.165) is 16.8 Å². The standard InChI is InChI=1S/C14H12N4/c1-6-15-7-2-12(1)13-5-10-18(17-11-13)14-3-8-16-9-4-14/h1-11,17H. The Balaban J connectivity index is 1.79. The van der Waals surface area contributed by atoms with E-state index >= 15 is 0 Å². The van der Waals surface area contributed by atoms with Gasteiger partial charge in [0.25, 0.3) is 0 Å². The summed E-state index contributed by atoms with van der Waals surface area (Å²) in [5, 5.41) is 1.94. The number of aromatic nitrogens is 2. The highest BCUT2D eigenvalue weighted by Gasteiger charge is 2.06. The molecule has 3 heterocycles. The van der Waals surface area contributed by atoms with Crippen LogP contribution in [0.15, 0.2) is 67.5 Å². The summed E-state index contributed by atoms with van der Waals surface area (Å²) in [4.78, 5) is 8.02. The number of hydrogen-bond acceptors (Lipinski definition) is 4. The summed E-state index contributed by atoms with van der Waals surface area (Å²) in [6.07, 6.45) is 13.1. The van der Waals surface area contributed by atoms with Crippen LogP contribution in [0, 0.1) is 0 Å². The molecule has 0 unspecified atom stereocenters. The maximum atomic E-state index is 4.01. The van der Waals surface area contributed by atoms with Gasteiger partial charge in [-0.1, -0.05) is 0 Å². The van der Waals surface area contributed by atoms with Gasteiger partial charge in [0, 0.05) is 42.8 Å². The average Bonchev–Trinajstić information content (AvgIpc) is 2.49. The molecule has 4 heteroatoms. The van der Waals surface area contributed by atoms with E-state index in [9.17, 15) is 0 Å². The predicted molar refractivity (Wildman–Crippen MR) is 71.2 cm³/mol. The van der Waals surface area contributed by atoms with Gasteiger partial charge in [-0.25, -0.2) is 0 Å². The van der Waals surface area contributed by atoms with Crippen LogP contribution in [0.1, 0.15) is 5.56 Å². The lowest BCUT2D eigenvalue weighted by atomic mass is 10.1. The van der Waals surface area contributed by atoms with Crippen LogP contribution in [0.2, 0.25) is 0 Å². The third-order valence-electron chi connectivity index (χ3n) is 2.72. The van der Waals surface area contributed by atoms with Gasteiger partial charge in [-0.15, -0.1) is 0 Å². The lowest BCUT2D eigenvalue weighted by molar-refractivity contribution is 0.870. The summed E-state index contributed by atoms with van der Waals surface area (Å²) < 4.78 is 0. The van der Waals surface area contributed by atoms with Crippen molar-refractivity contribution in [1.29, 1.82) is 0 Å². The molecule has 88 valence electrons. The van der Waals surface area contributed by atoms with E-state index in [1.54, 1.807) is 24.8 Å². The van der Waals surface area contributed by atoms with Gasteiger partial charge in [-0.2, -0.15) is 0 Å². The zero-order chi connectivity index (χ0) is 12.2. The van der Waals surface area contributed by atoms with Crippen molar-refractivity contribution in [1.82, 2.24) is 15.4 Å². The van der Waals surface area contributed by atoms with Crippen molar-refractivity contribution >= 4 is 11.3 Å². The zero-order valence-electron chi connectivity index (χ0n) is 9.69. The second kappa shape index (κ2) is 4.71. The molecule has 1 aliphatic rings. The van der Waals surface area contributed by atoms with Gasteiger partial charge in [-0.05, 0) is 35.9 Å². The normalized spacial score (nSPS) is 14.0. The van der Waals surface area contributed by atoms with Crippen molar-refractivity contribution in [3.05, 3.63) is 73.1 Å². The number of rotatable bonds is 2. The van der Waals surface area contributed by atoms with E-state index in [2.05, 4.69) is 21.5 Å². The summed E-state index contributed by atoms with van der Waals surface area (Å²) >= 11 is 0. The van der Waals surface area contributed by atoms with Gasteiger partial charge >= 0.3 is 0 Å². The Hall–Kier alpha value is -2.62. The van der Waals surface area contributed by atoms with Crippen LogP contribution in [-0.4, -0.2) is 9.97 Å². The van der Waals surface area contributed by atoms with Gasteiger partial charge in [-0.3, -0.25) is 15.0 Å². The molecule has 18 heavy (non-hydrogen) atoms. The molecule has 0 amide bonds. The van der Waals surface area contributed by atoms with Crippen molar-refractivity contribution in [2.45, 2.75) is 0 Å². The first-order valence-corrected chi connectivity index (χ1v) is 5.68. The Bertz CT molecular complexity index is 575. The number of anilines is 1. The third-order valence-corrected chi connectivity index (χ3v) is 2.72. The molecule has 4 nitrogen and oxygen atoms in total. The Kier molecular flexibility index (Phi) is 2.75. The Morgan fingerprint density at radius 2 is 1.56 bits per heavy atom. The molecule has 1 N–H and O–H groups in total. The molecular weight excluding hydrogens is 224 g/mol. The minimum Gasteiger partial charge on any atom is -0.301 e. The number of allylic oxidation sites excluding steroid dienone is 2. The minimum atomic E-state index is 1.05. The van der Waals surface area contributed by atoms with Crippen molar-refractivity contribution in [3.63, 3.8) is 0 Å². The van der Waals surface area contributed by atoms with Gasteiger partial charge in [0.2, 0.25) is 0 Å². The molecule has 0 aliphatic carbocycles. The first-order valence-electron chi connectivity index (χ1n) is 5.68. The van der Waals surface area contributed by atoms with Crippen molar-refractivity contribution in [3.8, 4) is 0 Å². The fraction of sp³-hybridized carbons (Fsp3) is 0. The topological polar surface area (TPSA) is 41.1 Å². The highest BCUT2D eigenvalue weighted by Crippen LogP contribution is 2.19. The van der Waals surface area contributed by atoms with Gasteiger partial charge < -0.3 is 5.43 Å². The first kappa shape index (κ1) is 10.5. The van der Waals surface area contributed by atoms with E-state index in [1.807, 2.05) is 41.7 Å². The fourth-order valence-corrected chi connectivity index (χ4v) is 1.77. The van der Waals surface area contributed by atoms with E-state index in [1.165, 1.54) is 0 Å². The number of hydrazine groups is 1. The average molecular weight is 236 g/mol. The first-order chi connectivity index (χ1) is 8.93. The monoisotopic (exact) mass is 236 g/mol. The second-order valence-electron chi connectivity index (χ2n) is 3.86. The number of nitrogens with zero attached hydrogens (tertiary/aromatic N) is 3. The van der Waals surface area contributed by atoms with Gasteiger partial charge in [0.15, 0.2) is 0 Å². The quantitative estimate of drug-likeness (QED) is 0.869. The van der Waals surface area contributed by atoms with Crippen molar-refractivity contribution < 1.29 is 0 Å². The highest BCUT2D eigenvalue weighted by molar-refractivity contribution is 5.75. The predicted octanol–water partition coefficient (Wildman–Crippen LogP) is 2.36. The maximum Gasteiger partial charge on any atom is 0.0653 e. The zero-order valence-corrected chi connectivity index (χ0v) is 9.69. The molecule has 1 aliphatic heterocycles. The number of pyridine rings is 2. The van der Waals surface area contributed by atoms with E-state index in [0.29, 0.717) is 0 Å². The van der Waals surface area contributed by atoms with E-state index in [-0.39, 0.29) is 0 Å². The van der Waals surface area contributed by atoms with E-state index < -0.39 is 0 Å². The molecule has 3 rings (SSSR count). The van der Waals surface area contributed by atoms with Crippen LogP contribution in [0.4, 0.5) is 5.69 Å². The van der Waals surface area contributed by atoms with Gasteiger partial charge in [0.1, 0.15) is 0 Å². The molecule has 0 fully saturated rings. The lowest BCUT2D eigenvalue weighted by Gasteiger charge is -2.24. The molecule has 2 aromatic heterocycles. The van der Waals surface area contributed by atoms with Crippen LogP contribution in [0.5, 0.6) is 0 Å². The SMILES string of the molecule is C1=CN(c2ccncc2)NC=C1c1ccncc1.